The average molecular weight is 295 g/mol. The molecule has 7 heteroatoms. The van der Waals surface area contributed by atoms with Gasteiger partial charge in [0, 0.05) is 24.8 Å². The van der Waals surface area contributed by atoms with Crippen LogP contribution in [-0.2, 0) is 21.2 Å². The molecule has 108 valence electrons. The normalized spacial score (nSPS) is 23.4. The molecule has 1 atom stereocenters. The van der Waals surface area contributed by atoms with Gasteiger partial charge >= 0.3 is 0 Å². The van der Waals surface area contributed by atoms with Crippen molar-refractivity contribution in [2.24, 2.45) is 5.73 Å². The Morgan fingerprint density at radius 2 is 2.15 bits per heavy atom. The molecular formula is C13H17N3O3S. The number of hydrogen-bond donors (Lipinski definition) is 2. The molecule has 20 heavy (non-hydrogen) atoms. The largest absolute Gasteiger partial charge is 0.327 e. The number of carbonyl (C=O) groups excluding carboxylic acids is 1. The van der Waals surface area contributed by atoms with Gasteiger partial charge in [-0.1, -0.05) is 0 Å². The Morgan fingerprint density at radius 3 is 2.90 bits per heavy atom. The number of nitrogens with one attached hydrogen (secondary N) is 1. The highest BCUT2D eigenvalue weighted by atomic mass is 32.2. The molecule has 2 aliphatic rings. The van der Waals surface area contributed by atoms with E-state index in [1.807, 2.05) is 0 Å². The van der Waals surface area contributed by atoms with Gasteiger partial charge in [-0.3, -0.25) is 4.79 Å². The standard InChI is InChI=1S/C13H17N3O3S/c14-10-2-1-5-16(8-10)20(18,19)11-3-4-12-9(6-11)7-13(17)15-12/h3-4,6,10H,1-2,5,7-8,14H2,(H,15,17)/t10-/m1/s1. The van der Waals surface area contributed by atoms with E-state index in [0.717, 1.165) is 18.4 Å². The molecule has 0 saturated carbocycles. The van der Waals surface area contributed by atoms with E-state index in [4.69, 9.17) is 5.73 Å². The van der Waals surface area contributed by atoms with E-state index < -0.39 is 10.0 Å². The second-order valence-corrected chi connectivity index (χ2v) is 7.25. The Labute approximate surface area is 118 Å². The van der Waals surface area contributed by atoms with Gasteiger partial charge in [0.25, 0.3) is 0 Å². The summed E-state index contributed by atoms with van der Waals surface area (Å²) in [6, 6.07) is 4.68. The maximum atomic E-state index is 12.6. The van der Waals surface area contributed by atoms with Gasteiger partial charge in [0.1, 0.15) is 0 Å². The molecule has 3 N–H and O–H groups in total. The Hall–Kier alpha value is -1.44. The van der Waals surface area contributed by atoms with Crippen molar-refractivity contribution in [1.29, 1.82) is 0 Å². The number of amides is 1. The number of carbonyl (C=O) groups is 1. The van der Waals surface area contributed by atoms with Gasteiger partial charge in [-0.05, 0) is 36.6 Å². The zero-order valence-electron chi connectivity index (χ0n) is 11.0. The van der Waals surface area contributed by atoms with Gasteiger partial charge in [-0.2, -0.15) is 4.31 Å². The van der Waals surface area contributed by atoms with E-state index in [2.05, 4.69) is 5.32 Å². The molecule has 0 unspecified atom stereocenters. The molecule has 0 radical (unpaired) electrons. The first-order chi connectivity index (χ1) is 9.46. The molecule has 1 aromatic carbocycles. The molecule has 1 saturated heterocycles. The number of rotatable bonds is 2. The minimum absolute atomic E-state index is 0.101. The number of hydrogen-bond acceptors (Lipinski definition) is 4. The van der Waals surface area contributed by atoms with Crippen molar-refractivity contribution < 1.29 is 13.2 Å². The lowest BCUT2D eigenvalue weighted by molar-refractivity contribution is -0.115. The summed E-state index contributed by atoms with van der Waals surface area (Å²) in [6.45, 7) is 0.862. The van der Waals surface area contributed by atoms with Crippen LogP contribution in [0.3, 0.4) is 0 Å². The average Bonchev–Trinajstić information content (AvgIpc) is 2.77. The topological polar surface area (TPSA) is 92.5 Å². The van der Waals surface area contributed by atoms with Crippen LogP contribution >= 0.6 is 0 Å². The van der Waals surface area contributed by atoms with Gasteiger partial charge in [-0.25, -0.2) is 8.42 Å². The van der Waals surface area contributed by atoms with Crippen molar-refractivity contribution in [3.63, 3.8) is 0 Å². The summed E-state index contributed by atoms with van der Waals surface area (Å²) < 4.78 is 26.6. The third-order valence-corrected chi connectivity index (χ3v) is 5.62. The first kappa shape index (κ1) is 13.5. The van der Waals surface area contributed by atoms with Crippen molar-refractivity contribution in [3.05, 3.63) is 23.8 Å². The van der Waals surface area contributed by atoms with Gasteiger partial charge in [0.2, 0.25) is 15.9 Å². The van der Waals surface area contributed by atoms with Gasteiger partial charge in [0.15, 0.2) is 0 Å². The van der Waals surface area contributed by atoms with Crippen LogP contribution in [0.15, 0.2) is 23.1 Å². The van der Waals surface area contributed by atoms with E-state index in [1.54, 1.807) is 18.2 Å². The number of anilines is 1. The fraction of sp³-hybridized carbons (Fsp3) is 0.462. The van der Waals surface area contributed by atoms with Crippen LogP contribution in [0.2, 0.25) is 0 Å². The summed E-state index contributed by atoms with van der Waals surface area (Å²) in [5, 5.41) is 2.70. The van der Waals surface area contributed by atoms with Crippen LogP contribution in [0.5, 0.6) is 0 Å². The quantitative estimate of drug-likeness (QED) is 0.820. The number of benzene rings is 1. The number of nitrogens with two attached hydrogens (primary N) is 1. The van der Waals surface area contributed by atoms with Crippen LogP contribution in [0.4, 0.5) is 5.69 Å². The third-order valence-electron chi connectivity index (χ3n) is 3.76. The van der Waals surface area contributed by atoms with Crippen molar-refractivity contribution in [2.45, 2.75) is 30.2 Å². The molecule has 1 aromatic rings. The second kappa shape index (κ2) is 4.83. The number of sulfonamides is 1. The zero-order chi connectivity index (χ0) is 14.3. The summed E-state index contributed by atoms with van der Waals surface area (Å²) in [6.07, 6.45) is 1.87. The highest BCUT2D eigenvalue weighted by Gasteiger charge is 2.30. The zero-order valence-corrected chi connectivity index (χ0v) is 11.8. The molecule has 0 aliphatic carbocycles. The molecule has 0 aromatic heterocycles. The monoisotopic (exact) mass is 295 g/mol. The predicted octanol–water partition coefficient (Wildman–Crippen LogP) is 0.293. The van der Waals surface area contributed by atoms with E-state index in [1.165, 1.54) is 4.31 Å². The lowest BCUT2D eigenvalue weighted by Gasteiger charge is -2.29. The molecule has 0 spiro atoms. The van der Waals surface area contributed by atoms with Gasteiger partial charge < -0.3 is 11.1 Å². The van der Waals surface area contributed by atoms with Crippen molar-refractivity contribution in [2.75, 3.05) is 18.4 Å². The summed E-state index contributed by atoms with van der Waals surface area (Å²) in [4.78, 5) is 11.6. The summed E-state index contributed by atoms with van der Waals surface area (Å²) in [5.41, 5.74) is 7.28. The van der Waals surface area contributed by atoms with Crippen LogP contribution in [0.25, 0.3) is 0 Å². The van der Waals surface area contributed by atoms with E-state index >= 15 is 0 Å². The van der Waals surface area contributed by atoms with E-state index in [-0.39, 0.29) is 23.3 Å². The minimum atomic E-state index is -3.52. The Morgan fingerprint density at radius 1 is 1.35 bits per heavy atom. The summed E-state index contributed by atoms with van der Waals surface area (Å²) in [7, 11) is -3.52. The smallest absolute Gasteiger partial charge is 0.243 e. The Bertz CT molecular complexity index is 657. The Balaban J connectivity index is 1.92. The number of fused-ring (bicyclic) bond motifs is 1. The lowest BCUT2D eigenvalue weighted by atomic mass is 10.1. The van der Waals surface area contributed by atoms with Gasteiger partial charge in [0.05, 0.1) is 11.3 Å². The highest BCUT2D eigenvalue weighted by Crippen LogP contribution is 2.28. The lowest BCUT2D eigenvalue weighted by Crippen LogP contribution is -2.45. The van der Waals surface area contributed by atoms with Crippen LogP contribution in [0, 0.1) is 0 Å². The number of piperidine rings is 1. The third kappa shape index (κ3) is 2.32. The summed E-state index contributed by atoms with van der Waals surface area (Å²) >= 11 is 0. The van der Waals surface area contributed by atoms with Crippen LogP contribution in [0.1, 0.15) is 18.4 Å². The molecule has 3 rings (SSSR count). The SMILES string of the molecule is N[C@@H]1CCCN(S(=O)(=O)c2ccc3c(c2)CC(=O)N3)C1. The second-order valence-electron chi connectivity index (χ2n) is 5.31. The molecule has 6 nitrogen and oxygen atoms in total. The van der Waals surface area contributed by atoms with E-state index in [0.29, 0.717) is 18.8 Å². The van der Waals surface area contributed by atoms with Crippen LogP contribution in [-0.4, -0.2) is 37.8 Å². The summed E-state index contributed by atoms with van der Waals surface area (Å²) in [5.74, 6) is -0.102. The van der Waals surface area contributed by atoms with Crippen molar-refractivity contribution in [1.82, 2.24) is 4.31 Å². The fourth-order valence-corrected chi connectivity index (χ4v) is 4.29. The molecule has 1 amide bonds. The molecule has 0 bridgehead atoms. The van der Waals surface area contributed by atoms with E-state index in [9.17, 15) is 13.2 Å². The minimum Gasteiger partial charge on any atom is -0.327 e. The van der Waals surface area contributed by atoms with Crippen molar-refractivity contribution in [3.8, 4) is 0 Å². The Kier molecular flexibility index (Phi) is 3.27. The number of nitrogens with zero attached hydrogens (tertiary/aromatic N) is 1. The highest BCUT2D eigenvalue weighted by molar-refractivity contribution is 7.89. The molecule has 1 fully saturated rings. The fourth-order valence-electron chi connectivity index (χ4n) is 2.71. The maximum absolute atomic E-state index is 12.6. The molecule has 2 aliphatic heterocycles. The molecular weight excluding hydrogens is 278 g/mol. The maximum Gasteiger partial charge on any atom is 0.243 e. The predicted molar refractivity (Wildman–Crippen MR) is 74.7 cm³/mol. The van der Waals surface area contributed by atoms with Crippen molar-refractivity contribution >= 4 is 21.6 Å². The first-order valence-corrected chi connectivity index (χ1v) is 8.09. The molecule has 2 heterocycles. The van der Waals surface area contributed by atoms with Crippen LogP contribution < -0.4 is 11.1 Å². The van der Waals surface area contributed by atoms with Gasteiger partial charge in [-0.15, -0.1) is 0 Å². The first-order valence-electron chi connectivity index (χ1n) is 6.65.